The summed E-state index contributed by atoms with van der Waals surface area (Å²) in [6.45, 7) is 3.74. The molecular weight excluding hydrogens is 228 g/mol. The summed E-state index contributed by atoms with van der Waals surface area (Å²) in [5, 5.41) is 0. The van der Waals surface area contributed by atoms with Gasteiger partial charge in [-0.05, 0) is 19.3 Å². The molecule has 0 unspecified atom stereocenters. The van der Waals surface area contributed by atoms with Crippen LogP contribution in [-0.2, 0) is 14.6 Å². The van der Waals surface area contributed by atoms with Crippen molar-refractivity contribution in [2.24, 2.45) is 0 Å². The van der Waals surface area contributed by atoms with Gasteiger partial charge in [0.2, 0.25) is 0 Å². The molecule has 0 fully saturated rings. The van der Waals surface area contributed by atoms with Crippen molar-refractivity contribution in [3.05, 3.63) is 12.7 Å². The standard InChI is InChI=1S/C11H22O4S/c1-2-3-4-5-6-7-8-9-10-11-15-16(12,13)14/h2H,1,3-11H2,(H,12,13,14). The summed E-state index contributed by atoms with van der Waals surface area (Å²) in [5.41, 5.74) is 0. The van der Waals surface area contributed by atoms with E-state index in [0.29, 0.717) is 6.42 Å². The van der Waals surface area contributed by atoms with Crippen LogP contribution in [0, 0.1) is 0 Å². The van der Waals surface area contributed by atoms with Crippen molar-refractivity contribution in [1.29, 1.82) is 0 Å². The van der Waals surface area contributed by atoms with E-state index in [0.717, 1.165) is 19.3 Å². The van der Waals surface area contributed by atoms with Gasteiger partial charge in [-0.15, -0.1) is 6.58 Å². The van der Waals surface area contributed by atoms with E-state index in [1.54, 1.807) is 0 Å². The third-order valence-electron chi connectivity index (χ3n) is 2.28. The number of allylic oxidation sites excluding steroid dienone is 1. The summed E-state index contributed by atoms with van der Waals surface area (Å²) >= 11 is 0. The second-order valence-corrected chi connectivity index (χ2v) is 4.89. The van der Waals surface area contributed by atoms with Gasteiger partial charge in [0.25, 0.3) is 0 Å². The molecule has 0 aliphatic carbocycles. The molecule has 0 amide bonds. The number of unbranched alkanes of at least 4 members (excludes halogenated alkanes) is 7. The second kappa shape index (κ2) is 9.81. The lowest BCUT2D eigenvalue weighted by Crippen LogP contribution is -2.04. The van der Waals surface area contributed by atoms with Crippen LogP contribution >= 0.6 is 0 Å². The van der Waals surface area contributed by atoms with Gasteiger partial charge in [0.1, 0.15) is 0 Å². The average molecular weight is 250 g/mol. The van der Waals surface area contributed by atoms with Crippen molar-refractivity contribution in [2.45, 2.75) is 51.4 Å². The van der Waals surface area contributed by atoms with E-state index >= 15 is 0 Å². The Morgan fingerprint density at radius 1 is 1.00 bits per heavy atom. The molecule has 5 heteroatoms. The molecule has 0 aliphatic rings. The van der Waals surface area contributed by atoms with Crippen molar-refractivity contribution < 1.29 is 17.2 Å². The second-order valence-electron chi connectivity index (χ2n) is 3.80. The van der Waals surface area contributed by atoms with Crippen LogP contribution in [0.1, 0.15) is 51.4 Å². The molecule has 0 aliphatic heterocycles. The Morgan fingerprint density at radius 2 is 1.50 bits per heavy atom. The molecule has 96 valence electrons. The highest BCUT2D eigenvalue weighted by molar-refractivity contribution is 7.80. The molecule has 0 rings (SSSR count). The van der Waals surface area contributed by atoms with Gasteiger partial charge in [0.05, 0.1) is 6.61 Å². The van der Waals surface area contributed by atoms with Crippen LogP contribution in [0.2, 0.25) is 0 Å². The minimum absolute atomic E-state index is 0.0787. The van der Waals surface area contributed by atoms with Gasteiger partial charge in [0, 0.05) is 0 Å². The summed E-state index contributed by atoms with van der Waals surface area (Å²) in [7, 11) is -4.24. The molecule has 0 saturated carbocycles. The summed E-state index contributed by atoms with van der Waals surface area (Å²) in [4.78, 5) is 0. The predicted octanol–water partition coefficient (Wildman–Crippen LogP) is 3.11. The molecule has 0 radical (unpaired) electrons. The summed E-state index contributed by atoms with van der Waals surface area (Å²) in [6.07, 6.45) is 10.5. The van der Waals surface area contributed by atoms with Gasteiger partial charge in [0.15, 0.2) is 0 Å². The maximum absolute atomic E-state index is 10.2. The smallest absolute Gasteiger partial charge is 0.264 e. The zero-order valence-electron chi connectivity index (χ0n) is 9.73. The van der Waals surface area contributed by atoms with Gasteiger partial charge in [-0.2, -0.15) is 8.42 Å². The fourth-order valence-electron chi connectivity index (χ4n) is 1.44. The van der Waals surface area contributed by atoms with E-state index in [1.165, 1.54) is 25.7 Å². The topological polar surface area (TPSA) is 63.6 Å². The Bertz CT molecular complexity index is 259. The quantitative estimate of drug-likeness (QED) is 0.347. The lowest BCUT2D eigenvalue weighted by molar-refractivity contribution is 0.261. The molecule has 0 bridgehead atoms. The average Bonchev–Trinajstić information content (AvgIpc) is 2.19. The molecule has 1 N–H and O–H groups in total. The van der Waals surface area contributed by atoms with E-state index in [-0.39, 0.29) is 6.61 Å². The van der Waals surface area contributed by atoms with E-state index in [9.17, 15) is 8.42 Å². The van der Waals surface area contributed by atoms with Gasteiger partial charge in [-0.25, -0.2) is 4.18 Å². The Balaban J connectivity index is 3.07. The van der Waals surface area contributed by atoms with Gasteiger partial charge in [-0.1, -0.05) is 38.2 Å². The minimum Gasteiger partial charge on any atom is -0.264 e. The zero-order valence-corrected chi connectivity index (χ0v) is 10.5. The molecule has 16 heavy (non-hydrogen) atoms. The summed E-state index contributed by atoms with van der Waals surface area (Å²) in [6, 6.07) is 0. The highest BCUT2D eigenvalue weighted by atomic mass is 32.3. The van der Waals surface area contributed by atoms with Crippen molar-refractivity contribution in [1.82, 2.24) is 0 Å². The number of hydrogen-bond donors (Lipinski definition) is 1. The van der Waals surface area contributed by atoms with E-state index in [4.69, 9.17) is 4.55 Å². The fraction of sp³-hybridized carbons (Fsp3) is 0.818. The van der Waals surface area contributed by atoms with Gasteiger partial charge < -0.3 is 0 Å². The van der Waals surface area contributed by atoms with Crippen LogP contribution in [0.15, 0.2) is 12.7 Å². The highest BCUT2D eigenvalue weighted by Crippen LogP contribution is 2.08. The highest BCUT2D eigenvalue weighted by Gasteiger charge is 2.02. The summed E-state index contributed by atoms with van der Waals surface area (Å²) < 4.78 is 32.9. The van der Waals surface area contributed by atoms with E-state index < -0.39 is 10.4 Å². The van der Waals surface area contributed by atoms with E-state index in [2.05, 4.69) is 10.8 Å². The third-order valence-corrected chi connectivity index (χ3v) is 2.75. The number of rotatable bonds is 11. The van der Waals surface area contributed by atoms with Crippen LogP contribution in [-0.4, -0.2) is 19.6 Å². The van der Waals surface area contributed by atoms with Crippen LogP contribution in [0.25, 0.3) is 0 Å². The van der Waals surface area contributed by atoms with Crippen LogP contribution < -0.4 is 0 Å². The molecule has 0 heterocycles. The lowest BCUT2D eigenvalue weighted by atomic mass is 10.1. The first-order chi connectivity index (χ1) is 7.56. The van der Waals surface area contributed by atoms with Crippen molar-refractivity contribution in [2.75, 3.05) is 6.61 Å². The van der Waals surface area contributed by atoms with E-state index in [1.807, 2.05) is 6.08 Å². The van der Waals surface area contributed by atoms with Crippen molar-refractivity contribution >= 4 is 10.4 Å². The molecule has 0 aromatic carbocycles. The Morgan fingerprint density at radius 3 is 2.00 bits per heavy atom. The van der Waals surface area contributed by atoms with Crippen molar-refractivity contribution in [3.63, 3.8) is 0 Å². The Labute approximate surface area is 98.7 Å². The maximum atomic E-state index is 10.2. The molecular formula is C11H22O4S. The third kappa shape index (κ3) is 13.6. The van der Waals surface area contributed by atoms with Crippen molar-refractivity contribution in [3.8, 4) is 0 Å². The van der Waals surface area contributed by atoms with Gasteiger partial charge >= 0.3 is 10.4 Å². The molecule has 0 saturated heterocycles. The molecule has 4 nitrogen and oxygen atoms in total. The first-order valence-electron chi connectivity index (χ1n) is 5.79. The summed E-state index contributed by atoms with van der Waals surface area (Å²) in [5.74, 6) is 0. The Kier molecular flexibility index (Phi) is 9.57. The maximum Gasteiger partial charge on any atom is 0.397 e. The Hall–Kier alpha value is -0.390. The van der Waals surface area contributed by atoms with Crippen LogP contribution in [0.4, 0.5) is 0 Å². The monoisotopic (exact) mass is 250 g/mol. The molecule has 0 aromatic rings. The SMILES string of the molecule is C=CCCCCCCCCCOS(=O)(=O)O. The number of hydrogen-bond acceptors (Lipinski definition) is 3. The van der Waals surface area contributed by atoms with Gasteiger partial charge in [-0.3, -0.25) is 4.55 Å². The first kappa shape index (κ1) is 15.6. The first-order valence-corrected chi connectivity index (χ1v) is 7.15. The lowest BCUT2D eigenvalue weighted by Gasteiger charge is -2.01. The minimum atomic E-state index is -4.24. The van der Waals surface area contributed by atoms with Crippen LogP contribution in [0.5, 0.6) is 0 Å². The normalized spacial score (nSPS) is 11.6. The predicted molar refractivity (Wildman–Crippen MR) is 64.6 cm³/mol. The molecule has 0 aromatic heterocycles. The largest absolute Gasteiger partial charge is 0.397 e. The molecule has 0 spiro atoms. The molecule has 0 atom stereocenters. The van der Waals surface area contributed by atoms with Crippen LogP contribution in [0.3, 0.4) is 0 Å². The zero-order chi connectivity index (χ0) is 12.3. The fourth-order valence-corrected chi connectivity index (χ4v) is 1.77.